The highest BCUT2D eigenvalue weighted by atomic mass is 32.2. The van der Waals surface area contributed by atoms with Gasteiger partial charge < -0.3 is 4.42 Å². The van der Waals surface area contributed by atoms with Crippen LogP contribution in [0.5, 0.6) is 0 Å². The molecule has 0 saturated carbocycles. The molecule has 1 N–H and O–H groups in total. The van der Waals surface area contributed by atoms with Gasteiger partial charge in [-0.3, -0.25) is 10.1 Å². The Morgan fingerprint density at radius 1 is 1.09 bits per heavy atom. The van der Waals surface area contributed by atoms with Crippen LogP contribution in [0.2, 0.25) is 0 Å². The van der Waals surface area contributed by atoms with Crippen LogP contribution in [-0.4, -0.2) is 41.4 Å². The average Bonchev–Trinajstić information content (AvgIpc) is 3.28. The van der Waals surface area contributed by atoms with Crippen molar-refractivity contribution in [3.8, 4) is 11.5 Å². The normalized spacial score (nSPS) is 17.2. The lowest BCUT2D eigenvalue weighted by Crippen LogP contribution is -2.43. The first-order chi connectivity index (χ1) is 15.4. The molecule has 0 bridgehead atoms. The topological polar surface area (TPSA) is 105 Å². The second-order valence-electron chi connectivity index (χ2n) is 7.93. The molecule has 4 rings (SSSR count). The van der Waals surface area contributed by atoms with Gasteiger partial charge in [-0.15, -0.1) is 5.10 Å². The summed E-state index contributed by atoms with van der Waals surface area (Å²) in [6.07, 6.45) is 3.58. The lowest BCUT2D eigenvalue weighted by atomic mass is 10.0. The van der Waals surface area contributed by atoms with Gasteiger partial charge in [0.15, 0.2) is 0 Å². The van der Waals surface area contributed by atoms with E-state index in [0.717, 1.165) is 36.8 Å². The van der Waals surface area contributed by atoms with Crippen molar-refractivity contribution in [1.29, 1.82) is 0 Å². The number of nitrogens with one attached hydrogen (secondary N) is 1. The largest absolute Gasteiger partial charge is 0.403 e. The van der Waals surface area contributed by atoms with Crippen molar-refractivity contribution in [3.05, 3.63) is 59.7 Å². The molecule has 1 aromatic heterocycles. The molecule has 9 heteroatoms. The molecule has 1 amide bonds. The van der Waals surface area contributed by atoms with E-state index in [-0.39, 0.29) is 17.0 Å². The fourth-order valence-corrected chi connectivity index (χ4v) is 5.64. The fraction of sp³-hybridized carbons (Fsp3) is 0.348. The van der Waals surface area contributed by atoms with Crippen LogP contribution in [0.4, 0.5) is 6.01 Å². The number of aromatic nitrogens is 2. The van der Waals surface area contributed by atoms with Crippen molar-refractivity contribution in [2.75, 3.05) is 11.9 Å². The van der Waals surface area contributed by atoms with Crippen molar-refractivity contribution in [2.24, 2.45) is 0 Å². The molecule has 0 radical (unpaired) electrons. The zero-order valence-electron chi connectivity index (χ0n) is 18.1. The molecule has 168 valence electrons. The van der Waals surface area contributed by atoms with E-state index in [1.165, 1.54) is 24.3 Å². The summed E-state index contributed by atoms with van der Waals surface area (Å²) in [7, 11) is -3.59. The van der Waals surface area contributed by atoms with Crippen molar-refractivity contribution in [1.82, 2.24) is 14.5 Å². The van der Waals surface area contributed by atoms with Gasteiger partial charge in [-0.1, -0.05) is 36.1 Å². The van der Waals surface area contributed by atoms with E-state index in [1.807, 2.05) is 38.1 Å². The number of carbonyl (C=O) groups is 1. The van der Waals surface area contributed by atoms with E-state index in [1.54, 1.807) is 4.31 Å². The maximum Gasteiger partial charge on any atom is 0.322 e. The van der Waals surface area contributed by atoms with Crippen LogP contribution < -0.4 is 5.32 Å². The Morgan fingerprint density at radius 3 is 2.50 bits per heavy atom. The number of anilines is 1. The van der Waals surface area contributed by atoms with Gasteiger partial charge in [0.05, 0.1) is 4.90 Å². The highest BCUT2D eigenvalue weighted by Gasteiger charge is 2.32. The molecule has 3 aromatic rings. The molecule has 32 heavy (non-hydrogen) atoms. The number of sulfonamides is 1. The molecule has 0 aliphatic carbocycles. The predicted octanol–water partition coefficient (Wildman–Crippen LogP) is 4.25. The van der Waals surface area contributed by atoms with E-state index >= 15 is 0 Å². The summed E-state index contributed by atoms with van der Waals surface area (Å²) >= 11 is 0. The van der Waals surface area contributed by atoms with Crippen molar-refractivity contribution in [3.63, 3.8) is 0 Å². The number of amides is 1. The number of aryl methyl sites for hydroxylation is 1. The maximum absolute atomic E-state index is 13.1. The third-order valence-corrected chi connectivity index (χ3v) is 7.68. The van der Waals surface area contributed by atoms with Crippen molar-refractivity contribution >= 4 is 21.9 Å². The van der Waals surface area contributed by atoms with E-state index in [2.05, 4.69) is 15.5 Å². The number of hydrogen-bond acceptors (Lipinski definition) is 6. The number of rotatable bonds is 6. The zero-order chi connectivity index (χ0) is 22.7. The third-order valence-electron chi connectivity index (χ3n) is 5.71. The Kier molecular flexibility index (Phi) is 6.38. The van der Waals surface area contributed by atoms with Crippen molar-refractivity contribution < 1.29 is 17.6 Å². The van der Waals surface area contributed by atoms with Gasteiger partial charge >= 0.3 is 6.01 Å². The molecule has 1 aliphatic rings. The number of piperidine rings is 1. The summed E-state index contributed by atoms with van der Waals surface area (Å²) in [5.74, 6) is -0.161. The number of nitrogens with zero attached hydrogens (tertiary/aromatic N) is 3. The second-order valence-corrected chi connectivity index (χ2v) is 9.82. The molecule has 1 unspecified atom stereocenters. The predicted molar refractivity (Wildman–Crippen MR) is 121 cm³/mol. The van der Waals surface area contributed by atoms with Crippen LogP contribution in [0.15, 0.2) is 57.8 Å². The average molecular weight is 455 g/mol. The van der Waals surface area contributed by atoms with E-state index in [4.69, 9.17) is 4.42 Å². The van der Waals surface area contributed by atoms with E-state index < -0.39 is 15.9 Å². The summed E-state index contributed by atoms with van der Waals surface area (Å²) in [6.45, 7) is 4.52. The summed E-state index contributed by atoms with van der Waals surface area (Å²) in [5, 5.41) is 10.4. The second kappa shape index (κ2) is 9.22. The van der Waals surface area contributed by atoms with Crippen molar-refractivity contribution in [2.45, 2.75) is 50.5 Å². The Hall–Kier alpha value is -3.04. The van der Waals surface area contributed by atoms with E-state index in [9.17, 15) is 13.2 Å². The van der Waals surface area contributed by atoms with Gasteiger partial charge in [-0.25, -0.2) is 8.42 Å². The Morgan fingerprint density at radius 2 is 1.81 bits per heavy atom. The van der Waals surface area contributed by atoms with Crippen LogP contribution in [0, 0.1) is 6.92 Å². The number of benzene rings is 2. The highest BCUT2D eigenvalue weighted by molar-refractivity contribution is 7.89. The summed E-state index contributed by atoms with van der Waals surface area (Å²) < 4.78 is 33.3. The molecule has 1 atom stereocenters. The van der Waals surface area contributed by atoms with Gasteiger partial charge in [0.25, 0.3) is 5.91 Å². The molecule has 1 fully saturated rings. The van der Waals surface area contributed by atoms with Gasteiger partial charge in [-0.2, -0.15) is 4.31 Å². The maximum atomic E-state index is 13.1. The Bertz CT molecular complexity index is 1190. The summed E-state index contributed by atoms with van der Waals surface area (Å²) in [5.41, 5.74) is 2.16. The van der Waals surface area contributed by atoms with Gasteiger partial charge in [0, 0.05) is 23.7 Å². The molecule has 1 saturated heterocycles. The molecule has 1 aliphatic heterocycles. The third kappa shape index (κ3) is 4.58. The monoisotopic (exact) mass is 454 g/mol. The SMILES string of the molecule is CCC1CCCCN1S(=O)(=O)c1ccc(C(=O)Nc2nnc(-c3ccc(C)cc3)o2)cc1. The first-order valence-corrected chi connectivity index (χ1v) is 12.2. The quantitative estimate of drug-likeness (QED) is 0.597. The molecular weight excluding hydrogens is 428 g/mol. The standard InChI is InChI=1S/C23H26N4O4S/c1-3-19-6-4-5-15-27(19)32(29,30)20-13-11-17(12-14-20)21(28)24-23-26-25-22(31-23)18-9-7-16(2)8-10-18/h7-14,19H,3-6,15H2,1-2H3,(H,24,26,28). The zero-order valence-corrected chi connectivity index (χ0v) is 18.9. The Balaban J connectivity index is 1.46. The first-order valence-electron chi connectivity index (χ1n) is 10.7. The molecule has 0 spiro atoms. The molecule has 8 nitrogen and oxygen atoms in total. The Labute approximate surface area is 187 Å². The highest BCUT2D eigenvalue weighted by Crippen LogP contribution is 2.27. The van der Waals surface area contributed by atoms with Crippen LogP contribution >= 0.6 is 0 Å². The minimum absolute atomic E-state index is 0.0250. The minimum atomic E-state index is -3.59. The first kappa shape index (κ1) is 22.2. The number of hydrogen-bond donors (Lipinski definition) is 1. The summed E-state index contributed by atoms with van der Waals surface area (Å²) in [6, 6.07) is 13.5. The van der Waals surface area contributed by atoms with Crippen LogP contribution in [-0.2, 0) is 10.0 Å². The molecule has 2 aromatic carbocycles. The van der Waals surface area contributed by atoms with Gasteiger partial charge in [-0.05, 0) is 62.6 Å². The van der Waals surface area contributed by atoms with Crippen LogP contribution in [0.25, 0.3) is 11.5 Å². The summed E-state index contributed by atoms with van der Waals surface area (Å²) in [4.78, 5) is 12.8. The molecule has 2 heterocycles. The fourth-order valence-electron chi connectivity index (χ4n) is 3.87. The van der Waals surface area contributed by atoms with E-state index in [0.29, 0.717) is 18.0 Å². The smallest absolute Gasteiger partial charge is 0.322 e. The lowest BCUT2D eigenvalue weighted by molar-refractivity contribution is 0.102. The molecular formula is C23H26N4O4S. The van der Waals surface area contributed by atoms with Crippen LogP contribution in [0.3, 0.4) is 0 Å². The van der Waals surface area contributed by atoms with Gasteiger partial charge in [0.1, 0.15) is 0 Å². The number of carbonyl (C=O) groups excluding carboxylic acids is 1. The van der Waals surface area contributed by atoms with Crippen LogP contribution in [0.1, 0.15) is 48.5 Å². The van der Waals surface area contributed by atoms with Gasteiger partial charge in [0.2, 0.25) is 15.9 Å². The minimum Gasteiger partial charge on any atom is -0.403 e. The lowest BCUT2D eigenvalue weighted by Gasteiger charge is -2.34.